The molecule has 2 aromatic rings. The van der Waals surface area contributed by atoms with Crippen molar-refractivity contribution in [3.8, 4) is 0 Å². The summed E-state index contributed by atoms with van der Waals surface area (Å²) in [5, 5.41) is 0.639. The maximum absolute atomic E-state index is 12.9. The molecule has 0 saturated heterocycles. The van der Waals surface area contributed by atoms with Crippen LogP contribution in [-0.4, -0.2) is 6.26 Å². The average Bonchev–Trinajstić information content (AvgIpc) is 2.46. The Kier molecular flexibility index (Phi) is 2.17. The van der Waals surface area contributed by atoms with Crippen LogP contribution in [0.3, 0.4) is 0 Å². The molecule has 0 unspecified atom stereocenters. The minimum atomic E-state index is -0.181. The first-order valence-electron chi connectivity index (χ1n) is 3.73. The highest BCUT2D eigenvalue weighted by atomic mass is 32.2. The van der Waals surface area contributed by atoms with E-state index in [0.29, 0.717) is 5.69 Å². The molecule has 0 spiro atoms. The second kappa shape index (κ2) is 3.20. The maximum Gasteiger partial charge on any atom is 0.177 e. The first-order chi connectivity index (χ1) is 6.20. The predicted molar refractivity (Wildman–Crippen MR) is 58.0 cm³/mol. The Morgan fingerprint density at radius 3 is 2.85 bits per heavy atom. The van der Waals surface area contributed by atoms with Crippen LogP contribution in [-0.2, 0) is 0 Å². The van der Waals surface area contributed by atoms with Gasteiger partial charge in [0, 0.05) is 20.7 Å². The summed E-state index contributed by atoms with van der Waals surface area (Å²) in [5.41, 5.74) is 6.43. The van der Waals surface area contributed by atoms with E-state index in [4.69, 9.17) is 5.73 Å². The smallest absolute Gasteiger partial charge is 0.177 e. The van der Waals surface area contributed by atoms with E-state index in [0.717, 1.165) is 26.3 Å². The van der Waals surface area contributed by atoms with E-state index in [1.807, 2.05) is 18.4 Å². The van der Waals surface area contributed by atoms with Crippen LogP contribution < -0.4 is 5.73 Å². The lowest BCUT2D eigenvalue weighted by Crippen LogP contribution is -1.84. The Hall–Kier alpha value is -0.740. The van der Waals surface area contributed by atoms with Crippen molar-refractivity contribution in [3.63, 3.8) is 0 Å². The van der Waals surface area contributed by atoms with Crippen LogP contribution in [0.15, 0.2) is 23.1 Å². The van der Waals surface area contributed by atoms with Crippen LogP contribution in [0, 0.1) is 5.13 Å². The normalized spacial score (nSPS) is 10.9. The van der Waals surface area contributed by atoms with Gasteiger partial charge >= 0.3 is 0 Å². The van der Waals surface area contributed by atoms with Gasteiger partial charge in [-0.2, -0.15) is 4.39 Å². The number of fused-ring (bicyclic) bond motifs is 1. The third-order valence-electron chi connectivity index (χ3n) is 1.85. The summed E-state index contributed by atoms with van der Waals surface area (Å²) in [4.78, 5) is 1.08. The van der Waals surface area contributed by atoms with Crippen molar-refractivity contribution in [2.24, 2.45) is 0 Å². The molecule has 0 saturated carbocycles. The van der Waals surface area contributed by atoms with Gasteiger partial charge in [-0.15, -0.1) is 23.1 Å². The van der Waals surface area contributed by atoms with Crippen LogP contribution >= 0.6 is 23.1 Å². The van der Waals surface area contributed by atoms with Gasteiger partial charge in [0.05, 0.1) is 0 Å². The minimum Gasteiger partial charge on any atom is -0.398 e. The van der Waals surface area contributed by atoms with Crippen LogP contribution in [0.2, 0.25) is 0 Å². The Morgan fingerprint density at radius 2 is 2.15 bits per heavy atom. The largest absolute Gasteiger partial charge is 0.398 e. The highest BCUT2D eigenvalue weighted by Gasteiger charge is 2.05. The van der Waals surface area contributed by atoms with Crippen LogP contribution in [0.4, 0.5) is 10.1 Å². The SMILES string of the molecule is CSc1cc(N)c2cc(F)sc2c1. The fourth-order valence-corrected chi connectivity index (χ4v) is 2.64. The van der Waals surface area contributed by atoms with E-state index >= 15 is 0 Å². The lowest BCUT2D eigenvalue weighted by atomic mass is 10.2. The fraction of sp³-hybridized carbons (Fsp3) is 0.111. The first kappa shape index (κ1) is 8.84. The van der Waals surface area contributed by atoms with Gasteiger partial charge in [0.15, 0.2) is 5.13 Å². The number of halogens is 1. The summed E-state index contributed by atoms with van der Waals surface area (Å²) in [6.07, 6.45) is 1.98. The lowest BCUT2D eigenvalue weighted by Gasteiger charge is -1.99. The second-order valence-electron chi connectivity index (χ2n) is 2.68. The molecule has 0 aliphatic rings. The summed E-state index contributed by atoms with van der Waals surface area (Å²) in [6.45, 7) is 0. The second-order valence-corrected chi connectivity index (χ2v) is 4.59. The molecule has 0 aliphatic heterocycles. The Balaban J connectivity index is 2.75. The monoisotopic (exact) mass is 213 g/mol. The number of thioether (sulfide) groups is 1. The summed E-state index contributed by atoms with van der Waals surface area (Å²) >= 11 is 2.75. The van der Waals surface area contributed by atoms with E-state index in [2.05, 4.69) is 0 Å². The van der Waals surface area contributed by atoms with Crippen molar-refractivity contribution < 1.29 is 4.39 Å². The van der Waals surface area contributed by atoms with Crippen molar-refractivity contribution in [1.82, 2.24) is 0 Å². The number of hydrogen-bond acceptors (Lipinski definition) is 3. The number of benzene rings is 1. The molecule has 4 heteroatoms. The van der Waals surface area contributed by atoms with Gasteiger partial charge < -0.3 is 5.73 Å². The lowest BCUT2D eigenvalue weighted by molar-refractivity contribution is 0.658. The van der Waals surface area contributed by atoms with Gasteiger partial charge in [0.2, 0.25) is 0 Å². The van der Waals surface area contributed by atoms with Crippen LogP contribution in [0.1, 0.15) is 0 Å². The van der Waals surface area contributed by atoms with E-state index in [1.165, 1.54) is 6.07 Å². The summed E-state index contributed by atoms with van der Waals surface area (Å²) < 4.78 is 13.8. The van der Waals surface area contributed by atoms with Crippen molar-refractivity contribution >= 4 is 38.9 Å². The van der Waals surface area contributed by atoms with E-state index in [1.54, 1.807) is 11.8 Å². The molecule has 1 nitrogen and oxygen atoms in total. The minimum absolute atomic E-state index is 0.181. The molecule has 68 valence electrons. The third kappa shape index (κ3) is 1.51. The molecule has 0 amide bonds. The standard InChI is InChI=1S/C9H8FNS2/c1-12-5-2-7(11)6-4-9(10)13-8(6)3-5/h2-4H,11H2,1H3. The van der Waals surface area contributed by atoms with E-state index in [-0.39, 0.29) is 5.13 Å². The molecule has 1 aromatic carbocycles. The zero-order valence-corrected chi connectivity index (χ0v) is 8.64. The number of thiophene rings is 1. The van der Waals surface area contributed by atoms with Crippen molar-refractivity contribution in [2.45, 2.75) is 4.90 Å². The van der Waals surface area contributed by atoms with Crippen LogP contribution in [0.5, 0.6) is 0 Å². The number of nitrogens with two attached hydrogens (primary N) is 1. The van der Waals surface area contributed by atoms with Crippen molar-refractivity contribution in [2.75, 3.05) is 12.0 Å². The van der Waals surface area contributed by atoms with E-state index in [9.17, 15) is 4.39 Å². The molecule has 13 heavy (non-hydrogen) atoms. The number of hydrogen-bond donors (Lipinski definition) is 1. The molecule has 0 atom stereocenters. The number of anilines is 1. The van der Waals surface area contributed by atoms with Gasteiger partial charge in [-0.25, -0.2) is 0 Å². The molecule has 0 bridgehead atoms. The van der Waals surface area contributed by atoms with Crippen LogP contribution in [0.25, 0.3) is 10.1 Å². The first-order valence-corrected chi connectivity index (χ1v) is 5.77. The Morgan fingerprint density at radius 1 is 1.38 bits per heavy atom. The molecule has 2 N–H and O–H groups in total. The van der Waals surface area contributed by atoms with E-state index < -0.39 is 0 Å². The number of nitrogen functional groups attached to an aromatic ring is 1. The predicted octanol–water partition coefficient (Wildman–Crippen LogP) is 3.34. The fourth-order valence-electron chi connectivity index (χ4n) is 1.23. The summed E-state index contributed by atoms with van der Waals surface area (Å²) in [7, 11) is 0. The third-order valence-corrected chi connectivity index (χ3v) is 3.43. The van der Waals surface area contributed by atoms with Crippen molar-refractivity contribution in [1.29, 1.82) is 0 Å². The Bertz CT molecular complexity index is 450. The van der Waals surface area contributed by atoms with Gasteiger partial charge in [-0.05, 0) is 24.5 Å². The molecule has 0 fully saturated rings. The molecule has 2 rings (SSSR count). The average molecular weight is 213 g/mol. The maximum atomic E-state index is 12.9. The highest BCUT2D eigenvalue weighted by molar-refractivity contribution is 7.98. The molecular weight excluding hydrogens is 205 g/mol. The molecule has 1 heterocycles. The topological polar surface area (TPSA) is 26.0 Å². The summed E-state index contributed by atoms with van der Waals surface area (Å²) in [5.74, 6) is 0. The zero-order chi connectivity index (χ0) is 9.42. The van der Waals surface area contributed by atoms with Gasteiger partial charge in [-0.3, -0.25) is 0 Å². The number of rotatable bonds is 1. The van der Waals surface area contributed by atoms with Gasteiger partial charge in [0.1, 0.15) is 0 Å². The molecule has 0 aliphatic carbocycles. The highest BCUT2D eigenvalue weighted by Crippen LogP contribution is 2.32. The molecule has 0 radical (unpaired) electrons. The Labute approximate surface area is 83.7 Å². The molecule has 1 aromatic heterocycles. The van der Waals surface area contributed by atoms with Crippen molar-refractivity contribution in [3.05, 3.63) is 23.3 Å². The van der Waals surface area contributed by atoms with Gasteiger partial charge in [0.25, 0.3) is 0 Å². The summed E-state index contributed by atoms with van der Waals surface area (Å²) in [6, 6.07) is 5.32. The molecular formula is C9H8FNS2. The van der Waals surface area contributed by atoms with Gasteiger partial charge in [-0.1, -0.05) is 0 Å². The quantitative estimate of drug-likeness (QED) is 0.580. The zero-order valence-electron chi connectivity index (χ0n) is 7.00.